The maximum absolute atomic E-state index is 6.38. The number of aromatic nitrogens is 1. The van der Waals surface area contributed by atoms with Crippen molar-refractivity contribution in [1.29, 1.82) is 0 Å². The maximum atomic E-state index is 6.38. The van der Waals surface area contributed by atoms with Crippen molar-refractivity contribution in [2.45, 2.75) is 26.9 Å². The number of anilines is 1. The quantitative estimate of drug-likeness (QED) is 0.937. The van der Waals surface area contributed by atoms with Gasteiger partial charge in [0.1, 0.15) is 17.0 Å². The molecule has 0 spiro atoms. The lowest BCUT2D eigenvalue weighted by molar-refractivity contribution is 0.110. The zero-order valence-electron chi connectivity index (χ0n) is 12.4. The van der Waals surface area contributed by atoms with Crippen LogP contribution in [-0.4, -0.2) is 24.8 Å². The van der Waals surface area contributed by atoms with Crippen molar-refractivity contribution in [2.75, 3.05) is 25.6 Å². The molecule has 0 amide bonds. The smallest absolute Gasteiger partial charge is 0.145 e. The number of benzene rings is 1. The van der Waals surface area contributed by atoms with E-state index in [9.17, 15) is 0 Å². The average molecular weight is 288 g/mol. The monoisotopic (exact) mass is 288 g/mol. The molecule has 21 heavy (non-hydrogen) atoms. The Morgan fingerprint density at radius 1 is 1.19 bits per heavy atom. The van der Waals surface area contributed by atoms with Crippen LogP contribution < -0.4 is 15.2 Å². The van der Waals surface area contributed by atoms with Crippen molar-refractivity contribution in [2.24, 2.45) is 0 Å². The fourth-order valence-corrected chi connectivity index (χ4v) is 2.69. The highest BCUT2D eigenvalue weighted by Gasteiger charge is 2.21. The third kappa shape index (κ3) is 2.38. The van der Waals surface area contributed by atoms with Crippen molar-refractivity contribution < 1.29 is 14.2 Å². The Labute approximate surface area is 124 Å². The standard InChI is InChI=1S/C16H20N2O3/c1-3-20-12-5-6-13(21-4-2)16-14(12)15(17)10-9-19-8-7-11(10)18-16/h5-6H,3-4,7-9H2,1-2H3,(H2,17,18). The maximum Gasteiger partial charge on any atom is 0.145 e. The van der Waals surface area contributed by atoms with Crippen molar-refractivity contribution in [3.8, 4) is 11.5 Å². The first-order valence-corrected chi connectivity index (χ1v) is 7.33. The fourth-order valence-electron chi connectivity index (χ4n) is 2.69. The molecule has 1 aromatic carbocycles. The number of nitrogens with zero attached hydrogens (tertiary/aromatic N) is 1. The van der Waals surface area contributed by atoms with Gasteiger partial charge in [-0.15, -0.1) is 0 Å². The van der Waals surface area contributed by atoms with Gasteiger partial charge in [-0.2, -0.15) is 0 Å². The van der Waals surface area contributed by atoms with E-state index in [2.05, 4.69) is 0 Å². The van der Waals surface area contributed by atoms with Gasteiger partial charge in [-0.25, -0.2) is 4.98 Å². The Balaban J connectivity index is 2.29. The van der Waals surface area contributed by atoms with Crippen molar-refractivity contribution in [1.82, 2.24) is 4.98 Å². The largest absolute Gasteiger partial charge is 0.493 e. The summed E-state index contributed by atoms with van der Waals surface area (Å²) in [6.07, 6.45) is 0.778. The summed E-state index contributed by atoms with van der Waals surface area (Å²) in [5.74, 6) is 1.49. The average Bonchev–Trinajstić information content (AvgIpc) is 2.50. The van der Waals surface area contributed by atoms with Crippen LogP contribution in [0.25, 0.3) is 10.9 Å². The molecule has 0 saturated carbocycles. The highest BCUT2D eigenvalue weighted by Crippen LogP contribution is 2.39. The number of nitrogen functional groups attached to an aromatic ring is 1. The molecule has 112 valence electrons. The predicted molar refractivity (Wildman–Crippen MR) is 81.9 cm³/mol. The van der Waals surface area contributed by atoms with Gasteiger partial charge in [-0.3, -0.25) is 0 Å². The van der Waals surface area contributed by atoms with Gasteiger partial charge in [0.2, 0.25) is 0 Å². The first kappa shape index (κ1) is 13.9. The molecule has 0 saturated heterocycles. The second-order valence-electron chi connectivity index (χ2n) is 4.90. The van der Waals surface area contributed by atoms with E-state index in [-0.39, 0.29) is 0 Å². The summed E-state index contributed by atoms with van der Waals surface area (Å²) in [5, 5.41) is 0.826. The molecular weight excluding hydrogens is 268 g/mol. The summed E-state index contributed by atoms with van der Waals surface area (Å²) >= 11 is 0. The van der Waals surface area contributed by atoms with Gasteiger partial charge < -0.3 is 19.9 Å². The van der Waals surface area contributed by atoms with Gasteiger partial charge in [0.15, 0.2) is 0 Å². The molecule has 2 heterocycles. The van der Waals surface area contributed by atoms with Crippen LogP contribution in [0.15, 0.2) is 12.1 Å². The Bertz CT molecular complexity index is 670. The van der Waals surface area contributed by atoms with E-state index in [1.807, 2.05) is 26.0 Å². The van der Waals surface area contributed by atoms with Crippen molar-refractivity contribution in [3.63, 3.8) is 0 Å². The normalized spacial score (nSPS) is 14.0. The number of ether oxygens (including phenoxy) is 3. The molecule has 2 N–H and O–H groups in total. The summed E-state index contributed by atoms with van der Waals surface area (Å²) in [5.41, 5.74) is 9.83. The number of pyridine rings is 1. The summed E-state index contributed by atoms with van der Waals surface area (Å²) in [6, 6.07) is 3.79. The van der Waals surface area contributed by atoms with E-state index in [0.717, 1.165) is 40.1 Å². The first-order valence-electron chi connectivity index (χ1n) is 7.33. The lowest BCUT2D eigenvalue weighted by atomic mass is 10.0. The van der Waals surface area contributed by atoms with Crippen LogP contribution in [0.2, 0.25) is 0 Å². The zero-order chi connectivity index (χ0) is 14.8. The molecule has 0 radical (unpaired) electrons. The van der Waals surface area contributed by atoms with Gasteiger partial charge in [-0.05, 0) is 26.0 Å². The molecular formula is C16H20N2O3. The van der Waals surface area contributed by atoms with Crippen LogP contribution in [0.5, 0.6) is 11.5 Å². The van der Waals surface area contributed by atoms with E-state index >= 15 is 0 Å². The van der Waals surface area contributed by atoms with E-state index in [4.69, 9.17) is 24.9 Å². The highest BCUT2D eigenvalue weighted by atomic mass is 16.5. The topological polar surface area (TPSA) is 66.6 Å². The van der Waals surface area contributed by atoms with E-state index < -0.39 is 0 Å². The molecule has 0 bridgehead atoms. The third-order valence-corrected chi connectivity index (χ3v) is 3.62. The summed E-state index contributed by atoms with van der Waals surface area (Å²) < 4.78 is 16.9. The second kappa shape index (κ2) is 5.77. The van der Waals surface area contributed by atoms with Crippen LogP contribution in [0.3, 0.4) is 0 Å². The van der Waals surface area contributed by atoms with E-state index in [1.54, 1.807) is 0 Å². The highest BCUT2D eigenvalue weighted by molar-refractivity contribution is 6.00. The van der Waals surface area contributed by atoms with Gasteiger partial charge >= 0.3 is 0 Å². The lowest BCUT2D eigenvalue weighted by Crippen LogP contribution is -2.15. The number of rotatable bonds is 4. The van der Waals surface area contributed by atoms with Gasteiger partial charge in [-0.1, -0.05) is 0 Å². The van der Waals surface area contributed by atoms with Crippen LogP contribution in [0, 0.1) is 0 Å². The van der Waals surface area contributed by atoms with E-state index in [0.29, 0.717) is 32.1 Å². The molecule has 0 atom stereocenters. The number of hydrogen-bond donors (Lipinski definition) is 1. The van der Waals surface area contributed by atoms with Crippen LogP contribution in [-0.2, 0) is 17.8 Å². The Morgan fingerprint density at radius 3 is 2.67 bits per heavy atom. The minimum absolute atomic E-state index is 0.508. The number of fused-ring (bicyclic) bond motifs is 2. The zero-order valence-corrected chi connectivity index (χ0v) is 12.4. The second-order valence-corrected chi connectivity index (χ2v) is 4.90. The van der Waals surface area contributed by atoms with Gasteiger partial charge in [0.05, 0.1) is 43.2 Å². The molecule has 0 fully saturated rings. The molecule has 1 aromatic heterocycles. The van der Waals surface area contributed by atoms with Crippen LogP contribution in [0.1, 0.15) is 25.1 Å². The molecule has 5 nitrogen and oxygen atoms in total. The first-order chi connectivity index (χ1) is 10.3. The molecule has 0 unspecified atom stereocenters. The molecule has 1 aliphatic heterocycles. The molecule has 5 heteroatoms. The molecule has 2 aromatic rings. The third-order valence-electron chi connectivity index (χ3n) is 3.62. The lowest BCUT2D eigenvalue weighted by Gasteiger charge is -2.21. The summed E-state index contributed by atoms with van der Waals surface area (Å²) in [4.78, 5) is 4.77. The van der Waals surface area contributed by atoms with E-state index in [1.165, 1.54) is 0 Å². The predicted octanol–water partition coefficient (Wildman–Crippen LogP) is 2.69. The Morgan fingerprint density at radius 2 is 1.90 bits per heavy atom. The van der Waals surface area contributed by atoms with Crippen LogP contribution in [0.4, 0.5) is 5.69 Å². The fraction of sp³-hybridized carbons (Fsp3) is 0.438. The Hall–Kier alpha value is -2.01. The van der Waals surface area contributed by atoms with Crippen molar-refractivity contribution >= 4 is 16.6 Å². The number of nitrogens with two attached hydrogens (primary N) is 1. The van der Waals surface area contributed by atoms with Crippen molar-refractivity contribution in [3.05, 3.63) is 23.4 Å². The summed E-state index contributed by atoms with van der Waals surface area (Å²) in [7, 11) is 0. The summed E-state index contributed by atoms with van der Waals surface area (Å²) in [6.45, 7) is 6.26. The minimum Gasteiger partial charge on any atom is -0.493 e. The minimum atomic E-state index is 0.508. The molecule has 1 aliphatic rings. The SMILES string of the molecule is CCOc1ccc(OCC)c2c(N)c3c(nc12)CCOC3. The molecule has 0 aliphatic carbocycles. The van der Waals surface area contributed by atoms with Crippen LogP contribution >= 0.6 is 0 Å². The van der Waals surface area contributed by atoms with Gasteiger partial charge in [0.25, 0.3) is 0 Å². The Kier molecular flexibility index (Phi) is 3.84. The number of hydrogen-bond acceptors (Lipinski definition) is 5. The molecule has 3 rings (SSSR count). The van der Waals surface area contributed by atoms with Gasteiger partial charge in [0, 0.05) is 12.0 Å².